The van der Waals surface area contributed by atoms with Gasteiger partial charge in [-0.15, -0.1) is 0 Å². The Bertz CT molecular complexity index is 1090. The van der Waals surface area contributed by atoms with Gasteiger partial charge in [-0.25, -0.2) is 8.42 Å². The molecule has 28 heavy (non-hydrogen) atoms. The first kappa shape index (κ1) is 20.9. The van der Waals surface area contributed by atoms with E-state index in [1.54, 1.807) is 50.2 Å². The molecule has 3 aromatic rings. The van der Waals surface area contributed by atoms with Crippen molar-refractivity contribution in [3.05, 3.63) is 70.1 Å². The lowest BCUT2D eigenvalue weighted by Gasteiger charge is -2.13. The van der Waals surface area contributed by atoms with E-state index in [4.69, 9.17) is 20.9 Å². The predicted octanol–water partition coefficient (Wildman–Crippen LogP) is 4.99. The smallest absolute Gasteiger partial charge is 0.186 e. The van der Waals surface area contributed by atoms with E-state index in [2.05, 4.69) is 17.8 Å². The maximum atomic E-state index is 13.1. The maximum absolute atomic E-state index is 13.1. The molecule has 148 valence electrons. The number of thiol groups is 1. The van der Waals surface area contributed by atoms with Crippen LogP contribution in [0, 0.1) is 13.8 Å². The van der Waals surface area contributed by atoms with E-state index >= 15 is 0 Å². The van der Waals surface area contributed by atoms with Crippen molar-refractivity contribution in [1.29, 1.82) is 0 Å². The molecule has 3 rings (SSSR count). The Morgan fingerprint density at radius 3 is 2.54 bits per heavy atom. The van der Waals surface area contributed by atoms with E-state index < -0.39 is 9.84 Å². The number of aromatic nitrogens is 1. The molecule has 0 saturated heterocycles. The van der Waals surface area contributed by atoms with Gasteiger partial charge in [0.1, 0.15) is 5.75 Å². The van der Waals surface area contributed by atoms with Crippen LogP contribution in [0.25, 0.3) is 11.1 Å². The van der Waals surface area contributed by atoms with Gasteiger partial charge in [0.25, 0.3) is 0 Å². The van der Waals surface area contributed by atoms with Gasteiger partial charge in [-0.2, -0.15) is 12.6 Å². The Kier molecular flexibility index (Phi) is 6.50. The number of ether oxygens (including phenoxy) is 1. The average molecular weight is 438 g/mol. The molecule has 0 spiro atoms. The molecule has 8 heteroatoms. The largest absolute Gasteiger partial charge is 0.366 e. The molecule has 1 aromatic heterocycles. The van der Waals surface area contributed by atoms with Gasteiger partial charge < -0.3 is 9.26 Å². The summed E-state index contributed by atoms with van der Waals surface area (Å²) in [6.45, 7) is 3.96. The first-order chi connectivity index (χ1) is 13.3. The van der Waals surface area contributed by atoms with Crippen molar-refractivity contribution in [3.8, 4) is 11.1 Å². The Labute approximate surface area is 175 Å². The molecule has 0 fully saturated rings. The van der Waals surface area contributed by atoms with Gasteiger partial charge in [-0.05, 0) is 31.5 Å². The topological polar surface area (TPSA) is 69.4 Å². The number of rotatable bonds is 7. The van der Waals surface area contributed by atoms with Crippen molar-refractivity contribution in [2.45, 2.75) is 31.1 Å². The van der Waals surface area contributed by atoms with Crippen LogP contribution in [-0.2, 0) is 26.9 Å². The average Bonchev–Trinajstić information content (AvgIpc) is 2.98. The number of hydrogen-bond donors (Lipinski definition) is 1. The zero-order valence-corrected chi connectivity index (χ0v) is 17.9. The van der Waals surface area contributed by atoms with Gasteiger partial charge >= 0.3 is 0 Å². The first-order valence-corrected chi connectivity index (χ1v) is 11.2. The van der Waals surface area contributed by atoms with Crippen LogP contribution in [0.2, 0.25) is 5.02 Å². The number of nitrogens with zero attached hydrogens (tertiary/aromatic N) is 1. The molecule has 5 nitrogen and oxygen atoms in total. The molecule has 0 N–H and O–H groups in total. The molecule has 0 amide bonds. The summed E-state index contributed by atoms with van der Waals surface area (Å²) in [6, 6.07) is 12.2. The van der Waals surface area contributed by atoms with Crippen molar-refractivity contribution >= 4 is 34.1 Å². The van der Waals surface area contributed by atoms with E-state index in [-0.39, 0.29) is 10.6 Å². The predicted molar refractivity (Wildman–Crippen MR) is 112 cm³/mol. The van der Waals surface area contributed by atoms with Crippen LogP contribution in [0.15, 0.2) is 51.9 Å². The van der Waals surface area contributed by atoms with Gasteiger partial charge in [0.15, 0.2) is 15.6 Å². The van der Waals surface area contributed by atoms with Gasteiger partial charge in [0.05, 0.1) is 23.1 Å². The Morgan fingerprint density at radius 2 is 1.89 bits per heavy atom. The molecule has 0 aliphatic heterocycles. The van der Waals surface area contributed by atoms with Crippen LogP contribution in [0.3, 0.4) is 0 Å². The minimum Gasteiger partial charge on any atom is -0.366 e. The Hall–Kier alpha value is -1.80. The second-order valence-corrected chi connectivity index (χ2v) is 8.99. The van der Waals surface area contributed by atoms with Crippen molar-refractivity contribution in [1.82, 2.24) is 5.16 Å². The lowest BCUT2D eigenvalue weighted by Crippen LogP contribution is -2.07. The molecule has 0 bridgehead atoms. The fourth-order valence-corrected chi connectivity index (χ4v) is 4.80. The van der Waals surface area contributed by atoms with Gasteiger partial charge in [0, 0.05) is 21.7 Å². The van der Waals surface area contributed by atoms with Crippen LogP contribution < -0.4 is 0 Å². The summed E-state index contributed by atoms with van der Waals surface area (Å²) in [4.78, 5) is 0.199. The summed E-state index contributed by atoms with van der Waals surface area (Å²) in [5.74, 6) is 0.390. The molecule has 1 heterocycles. The third-order valence-electron chi connectivity index (χ3n) is 4.48. The number of sulfone groups is 1. The summed E-state index contributed by atoms with van der Waals surface area (Å²) in [5, 5.41) is 4.30. The third kappa shape index (κ3) is 4.43. The van der Waals surface area contributed by atoms with E-state index in [0.29, 0.717) is 40.1 Å². The second-order valence-electron chi connectivity index (χ2n) is 6.36. The zero-order chi connectivity index (χ0) is 20.3. The first-order valence-electron chi connectivity index (χ1n) is 8.54. The fraction of sp³-hybridized carbons (Fsp3) is 0.250. The lowest BCUT2D eigenvalue weighted by molar-refractivity contribution is 0.170. The molecular weight excluding hydrogens is 418 g/mol. The summed E-state index contributed by atoms with van der Waals surface area (Å²) in [5.41, 5.74) is 3.49. The van der Waals surface area contributed by atoms with Gasteiger partial charge in [-0.1, -0.05) is 47.1 Å². The van der Waals surface area contributed by atoms with Crippen LogP contribution >= 0.6 is 24.2 Å². The van der Waals surface area contributed by atoms with Gasteiger partial charge in [0.2, 0.25) is 0 Å². The number of halogens is 1. The van der Waals surface area contributed by atoms with Crippen LogP contribution in [0.5, 0.6) is 0 Å². The van der Waals surface area contributed by atoms with E-state index in [0.717, 1.165) is 11.1 Å². The van der Waals surface area contributed by atoms with Crippen molar-refractivity contribution in [3.63, 3.8) is 0 Å². The molecule has 0 saturated carbocycles. The molecular formula is C20H20ClNO4S2. The minimum atomic E-state index is -3.67. The third-order valence-corrected chi connectivity index (χ3v) is 6.64. The van der Waals surface area contributed by atoms with Crippen LogP contribution in [0.1, 0.15) is 22.6 Å². The maximum Gasteiger partial charge on any atom is 0.186 e. The number of hydrogen-bond acceptors (Lipinski definition) is 6. The van der Waals surface area contributed by atoms with Crippen molar-refractivity contribution < 1.29 is 17.7 Å². The second kappa shape index (κ2) is 8.69. The highest BCUT2D eigenvalue weighted by atomic mass is 35.5. The SMILES string of the molecule is Cc1noc(CS(=O)(=O)c2ccccc2-c2ccc(COCS)cc2Cl)c1C. The monoisotopic (exact) mass is 437 g/mol. The summed E-state index contributed by atoms with van der Waals surface area (Å²) in [7, 11) is -3.67. The lowest BCUT2D eigenvalue weighted by atomic mass is 10.0. The highest BCUT2D eigenvalue weighted by Gasteiger charge is 2.24. The molecule has 2 aromatic carbocycles. The van der Waals surface area contributed by atoms with E-state index in [1.165, 1.54) is 0 Å². The number of benzene rings is 2. The van der Waals surface area contributed by atoms with E-state index in [1.807, 2.05) is 6.07 Å². The normalized spacial score (nSPS) is 11.7. The quantitative estimate of drug-likeness (QED) is 0.416. The molecule has 0 unspecified atom stereocenters. The fourth-order valence-electron chi connectivity index (χ4n) is 2.84. The van der Waals surface area contributed by atoms with Crippen LogP contribution in [-0.4, -0.2) is 19.5 Å². The Morgan fingerprint density at radius 1 is 1.14 bits per heavy atom. The molecule has 0 aliphatic rings. The van der Waals surface area contributed by atoms with E-state index in [9.17, 15) is 8.42 Å². The molecule has 0 radical (unpaired) electrons. The zero-order valence-electron chi connectivity index (χ0n) is 15.5. The molecule has 0 aliphatic carbocycles. The standard InChI is InChI=1S/C20H20ClNO4S2/c1-13-14(2)22-26-19(13)11-28(23,24)20-6-4-3-5-17(20)16-8-7-15(9-18(16)21)10-25-12-27/h3-9,27H,10-12H2,1-2H3. The summed E-state index contributed by atoms with van der Waals surface area (Å²) in [6.07, 6.45) is 0. The number of aryl methyl sites for hydroxylation is 1. The van der Waals surface area contributed by atoms with Crippen LogP contribution in [0.4, 0.5) is 0 Å². The van der Waals surface area contributed by atoms with Crippen molar-refractivity contribution in [2.75, 3.05) is 5.94 Å². The highest BCUT2D eigenvalue weighted by Crippen LogP contribution is 2.35. The van der Waals surface area contributed by atoms with Gasteiger partial charge in [-0.3, -0.25) is 0 Å². The minimum absolute atomic E-state index is 0.199. The summed E-state index contributed by atoms with van der Waals surface area (Å²) < 4.78 is 36.7. The molecule has 0 atom stereocenters. The summed E-state index contributed by atoms with van der Waals surface area (Å²) >= 11 is 10.5. The van der Waals surface area contributed by atoms with Crippen molar-refractivity contribution in [2.24, 2.45) is 0 Å². The highest BCUT2D eigenvalue weighted by molar-refractivity contribution is 7.90. The Balaban J connectivity index is 2.00.